The lowest BCUT2D eigenvalue weighted by Gasteiger charge is -2.16. The lowest BCUT2D eigenvalue weighted by molar-refractivity contribution is -0.117. The van der Waals surface area contributed by atoms with E-state index in [1.165, 1.54) is 18.2 Å². The van der Waals surface area contributed by atoms with Crippen molar-refractivity contribution < 1.29 is 19.8 Å². The minimum absolute atomic E-state index is 0.108. The fourth-order valence-corrected chi connectivity index (χ4v) is 2.19. The number of carbonyl (C=O) groups excluding carboxylic acids is 1. The van der Waals surface area contributed by atoms with Crippen molar-refractivity contribution in [1.82, 2.24) is 0 Å². The molecule has 21 heavy (non-hydrogen) atoms. The molecule has 1 amide bonds. The molecule has 116 valence electrons. The Morgan fingerprint density at radius 3 is 2.48 bits per heavy atom. The summed E-state index contributed by atoms with van der Waals surface area (Å²) < 4.78 is 0. The molecule has 0 radical (unpaired) electrons. The Kier molecular flexibility index (Phi) is 6.17. The Hall–Kier alpha value is -2.08. The first-order valence-electron chi connectivity index (χ1n) is 6.89. The number of nitrogens with one attached hydrogen (secondary N) is 1. The van der Waals surface area contributed by atoms with Gasteiger partial charge in [-0.3, -0.25) is 4.79 Å². The second-order valence-electron chi connectivity index (χ2n) is 5.52. The van der Waals surface area contributed by atoms with Gasteiger partial charge in [0.05, 0.1) is 0 Å². The van der Waals surface area contributed by atoms with E-state index in [0.717, 1.165) is 6.42 Å². The van der Waals surface area contributed by atoms with Crippen molar-refractivity contribution in [3.63, 3.8) is 0 Å². The molecule has 6 nitrogen and oxygen atoms in total. The highest BCUT2D eigenvalue weighted by atomic mass is 16.4. The first-order valence-corrected chi connectivity index (χ1v) is 6.89. The number of carboxylic acid groups (broad SMARTS) is 1. The second kappa shape index (κ2) is 7.64. The van der Waals surface area contributed by atoms with E-state index < -0.39 is 5.97 Å². The fourth-order valence-electron chi connectivity index (χ4n) is 2.19. The first kappa shape index (κ1) is 17.0. The molecule has 0 saturated carbocycles. The fraction of sp³-hybridized carbons (Fsp3) is 0.467. The van der Waals surface area contributed by atoms with E-state index >= 15 is 0 Å². The van der Waals surface area contributed by atoms with Crippen LogP contribution >= 0.6 is 0 Å². The van der Waals surface area contributed by atoms with Gasteiger partial charge in [0, 0.05) is 18.2 Å². The quantitative estimate of drug-likeness (QED) is 0.614. The molecule has 1 aromatic carbocycles. The number of amides is 1. The van der Waals surface area contributed by atoms with Crippen molar-refractivity contribution in [3.05, 3.63) is 23.8 Å². The molecular weight excluding hydrogens is 272 g/mol. The summed E-state index contributed by atoms with van der Waals surface area (Å²) in [6.45, 7) is 4.58. The van der Waals surface area contributed by atoms with Crippen LogP contribution < -0.4 is 11.1 Å². The molecular formula is C15H22N2O4. The maximum absolute atomic E-state index is 11.9. The third-order valence-corrected chi connectivity index (χ3v) is 3.12. The Morgan fingerprint density at radius 1 is 1.33 bits per heavy atom. The molecule has 5 N–H and O–H groups in total. The minimum atomic E-state index is -1.22. The van der Waals surface area contributed by atoms with E-state index in [9.17, 15) is 14.7 Å². The van der Waals surface area contributed by atoms with E-state index in [4.69, 9.17) is 10.8 Å². The predicted octanol–water partition coefficient (Wildman–Crippen LogP) is 2.04. The van der Waals surface area contributed by atoms with E-state index in [1.54, 1.807) is 0 Å². The number of anilines is 1. The third kappa shape index (κ3) is 5.43. The normalized spacial score (nSPS) is 12.2. The molecule has 0 heterocycles. The number of aromatic carboxylic acids is 1. The van der Waals surface area contributed by atoms with E-state index in [0.29, 0.717) is 24.6 Å². The Bertz CT molecular complexity index is 514. The van der Waals surface area contributed by atoms with Crippen molar-refractivity contribution in [3.8, 4) is 5.75 Å². The smallest absolute Gasteiger partial charge is 0.339 e. The number of rotatable bonds is 7. The number of phenols is 1. The van der Waals surface area contributed by atoms with Crippen LogP contribution in [0.1, 0.15) is 37.0 Å². The van der Waals surface area contributed by atoms with Gasteiger partial charge in [0.2, 0.25) is 5.91 Å². The average Bonchev–Trinajstić information content (AvgIpc) is 2.36. The number of carbonyl (C=O) groups is 2. The lowest BCUT2D eigenvalue weighted by Crippen LogP contribution is -2.23. The molecule has 0 fully saturated rings. The Morgan fingerprint density at radius 2 is 2.00 bits per heavy atom. The van der Waals surface area contributed by atoms with E-state index in [1.807, 2.05) is 0 Å². The van der Waals surface area contributed by atoms with Gasteiger partial charge < -0.3 is 21.3 Å². The summed E-state index contributed by atoms with van der Waals surface area (Å²) in [6.07, 6.45) is 1.17. The van der Waals surface area contributed by atoms with Gasteiger partial charge in [0.25, 0.3) is 0 Å². The van der Waals surface area contributed by atoms with Crippen LogP contribution in [0.3, 0.4) is 0 Å². The molecule has 0 unspecified atom stereocenters. The van der Waals surface area contributed by atoms with Crippen molar-refractivity contribution in [2.45, 2.75) is 26.7 Å². The zero-order chi connectivity index (χ0) is 16.0. The predicted molar refractivity (Wildman–Crippen MR) is 80.3 cm³/mol. The van der Waals surface area contributed by atoms with E-state index in [-0.39, 0.29) is 23.1 Å². The van der Waals surface area contributed by atoms with Gasteiger partial charge in [-0.25, -0.2) is 4.79 Å². The first-order chi connectivity index (χ1) is 9.83. The van der Waals surface area contributed by atoms with Gasteiger partial charge in [-0.15, -0.1) is 0 Å². The van der Waals surface area contributed by atoms with Crippen LogP contribution in [-0.2, 0) is 4.79 Å². The highest BCUT2D eigenvalue weighted by Crippen LogP contribution is 2.22. The molecule has 1 aromatic rings. The summed E-state index contributed by atoms with van der Waals surface area (Å²) in [5.74, 6) is -1.22. The molecule has 0 spiro atoms. The summed E-state index contributed by atoms with van der Waals surface area (Å²) in [5, 5.41) is 21.0. The third-order valence-electron chi connectivity index (χ3n) is 3.12. The van der Waals surface area contributed by atoms with Gasteiger partial charge in [-0.2, -0.15) is 0 Å². The largest absolute Gasteiger partial charge is 0.507 e. The lowest BCUT2D eigenvalue weighted by atomic mass is 9.94. The molecule has 0 aliphatic rings. The molecule has 6 heteroatoms. The standard InChI is InChI=1S/C15H22N2O4/c1-9(2)5-10(8-16)6-14(19)17-11-3-4-12(15(20)21)13(18)7-11/h3-4,7,9-10,18H,5-6,8,16H2,1-2H3,(H,17,19)(H,20,21)/t10-/m0/s1. The van der Waals surface area contributed by atoms with Crippen molar-refractivity contribution in [2.75, 3.05) is 11.9 Å². The highest BCUT2D eigenvalue weighted by Gasteiger charge is 2.15. The molecule has 0 saturated heterocycles. The van der Waals surface area contributed by atoms with Crippen LogP contribution in [0.2, 0.25) is 0 Å². The van der Waals surface area contributed by atoms with Crippen molar-refractivity contribution in [2.24, 2.45) is 17.6 Å². The summed E-state index contributed by atoms with van der Waals surface area (Å²) >= 11 is 0. The SMILES string of the molecule is CC(C)C[C@H](CN)CC(=O)Nc1ccc(C(=O)O)c(O)c1. The molecule has 0 bridgehead atoms. The zero-order valence-electron chi connectivity index (χ0n) is 12.3. The van der Waals surface area contributed by atoms with Gasteiger partial charge in [-0.05, 0) is 36.9 Å². The van der Waals surface area contributed by atoms with Crippen LogP contribution in [0.5, 0.6) is 5.75 Å². The number of hydrogen-bond acceptors (Lipinski definition) is 4. The molecule has 1 rings (SSSR count). The Balaban J connectivity index is 2.66. The molecule has 0 aliphatic heterocycles. The van der Waals surface area contributed by atoms with Crippen molar-refractivity contribution in [1.29, 1.82) is 0 Å². The van der Waals surface area contributed by atoms with Gasteiger partial charge in [0.1, 0.15) is 11.3 Å². The molecule has 1 atom stereocenters. The summed E-state index contributed by atoms with van der Waals surface area (Å²) in [6, 6.07) is 3.92. The zero-order valence-corrected chi connectivity index (χ0v) is 12.3. The van der Waals surface area contributed by atoms with Gasteiger partial charge in [-0.1, -0.05) is 13.8 Å². The van der Waals surface area contributed by atoms with Gasteiger partial charge in [0.15, 0.2) is 0 Å². The summed E-state index contributed by atoms with van der Waals surface area (Å²) in [7, 11) is 0. The maximum Gasteiger partial charge on any atom is 0.339 e. The topological polar surface area (TPSA) is 113 Å². The Labute approximate surface area is 124 Å². The monoisotopic (exact) mass is 294 g/mol. The molecule has 0 aromatic heterocycles. The second-order valence-corrected chi connectivity index (χ2v) is 5.52. The minimum Gasteiger partial charge on any atom is -0.507 e. The van der Waals surface area contributed by atoms with Crippen molar-refractivity contribution >= 4 is 17.6 Å². The number of carboxylic acids is 1. The van der Waals surface area contributed by atoms with Crippen LogP contribution in [0.15, 0.2) is 18.2 Å². The maximum atomic E-state index is 11.9. The number of benzene rings is 1. The van der Waals surface area contributed by atoms with Crippen LogP contribution in [0.4, 0.5) is 5.69 Å². The summed E-state index contributed by atoms with van der Waals surface area (Å²) in [4.78, 5) is 22.7. The van der Waals surface area contributed by atoms with Gasteiger partial charge >= 0.3 is 5.97 Å². The summed E-state index contributed by atoms with van der Waals surface area (Å²) in [5.41, 5.74) is 5.82. The number of nitrogens with two attached hydrogens (primary N) is 1. The van der Waals surface area contributed by atoms with E-state index in [2.05, 4.69) is 19.2 Å². The van der Waals surface area contributed by atoms with Crippen LogP contribution in [0.25, 0.3) is 0 Å². The number of aromatic hydroxyl groups is 1. The highest BCUT2D eigenvalue weighted by molar-refractivity contribution is 5.94. The number of hydrogen-bond donors (Lipinski definition) is 4. The van der Waals surface area contributed by atoms with Crippen LogP contribution in [0, 0.1) is 11.8 Å². The van der Waals surface area contributed by atoms with Crippen LogP contribution in [-0.4, -0.2) is 28.6 Å². The average molecular weight is 294 g/mol. The molecule has 0 aliphatic carbocycles.